The van der Waals surface area contributed by atoms with Crippen molar-refractivity contribution in [3.05, 3.63) is 89.7 Å². The van der Waals surface area contributed by atoms with Gasteiger partial charge in [-0.15, -0.1) is 0 Å². The molecular formula is C37H47N2O7P. The molecular weight excluding hydrogens is 615 g/mol. The van der Waals surface area contributed by atoms with Crippen LogP contribution in [0.15, 0.2) is 78.5 Å². The number of hydrogen-bond acceptors (Lipinski definition) is 5. The zero-order valence-corrected chi connectivity index (χ0v) is 28.7. The quantitative estimate of drug-likeness (QED) is 0.0821. The van der Waals surface area contributed by atoms with Crippen molar-refractivity contribution in [2.45, 2.75) is 89.9 Å². The first-order valence-electron chi connectivity index (χ1n) is 16.4. The molecule has 9 nitrogen and oxygen atoms in total. The smallest absolute Gasteiger partial charge is 0.303 e. The standard InChI is InChI=1S/C37H47N2O7P/c1-36(2)28-16-12-13-17-30(28)38(24-14-6-10-20-34(40)41)32(36)18-8-5-9-19-33-37(3,4)29-26-27(47(44,45)46)22-23-31(29)39(33)25-15-7-11-21-35(42)43/h5,8-9,12-13,16-19,22-23,26H,6-7,10-11,14-15,20-21,24-25H2,1-4H3,(H3-,40,41,42,43,44,45,46). The molecule has 47 heavy (non-hydrogen) atoms. The van der Waals surface area contributed by atoms with Crippen LogP contribution in [0, 0.1) is 0 Å². The summed E-state index contributed by atoms with van der Waals surface area (Å²) in [4.78, 5) is 45.8. The second-order valence-electron chi connectivity index (χ2n) is 13.4. The molecule has 2 aliphatic heterocycles. The number of carboxylic acid groups (broad SMARTS) is 2. The van der Waals surface area contributed by atoms with Crippen LogP contribution in [0.1, 0.15) is 90.2 Å². The molecule has 0 amide bonds. The highest BCUT2D eigenvalue weighted by Gasteiger charge is 2.44. The number of anilines is 1. The zero-order valence-electron chi connectivity index (χ0n) is 27.8. The summed E-state index contributed by atoms with van der Waals surface area (Å²) in [6, 6.07) is 13.1. The van der Waals surface area contributed by atoms with Crippen molar-refractivity contribution in [3.63, 3.8) is 0 Å². The van der Waals surface area contributed by atoms with E-state index in [0.717, 1.165) is 49.2 Å². The van der Waals surface area contributed by atoms with Crippen molar-refractivity contribution in [1.82, 2.24) is 0 Å². The average Bonchev–Trinajstić information content (AvgIpc) is 3.34. The number of allylic oxidation sites excluding steroid dienone is 6. The van der Waals surface area contributed by atoms with Gasteiger partial charge in [-0.1, -0.05) is 56.7 Å². The third-order valence-electron chi connectivity index (χ3n) is 9.28. The lowest BCUT2D eigenvalue weighted by Crippen LogP contribution is -2.27. The molecule has 3 N–H and O–H groups in total. The summed E-state index contributed by atoms with van der Waals surface area (Å²) in [5.41, 5.74) is 5.51. The third kappa shape index (κ3) is 8.39. The molecule has 2 aromatic rings. The summed E-state index contributed by atoms with van der Waals surface area (Å²) in [7, 11) is -4.68. The van der Waals surface area contributed by atoms with Crippen LogP contribution in [0.25, 0.3) is 0 Å². The van der Waals surface area contributed by atoms with Crippen molar-refractivity contribution in [2.24, 2.45) is 0 Å². The van der Waals surface area contributed by atoms with Crippen molar-refractivity contribution >= 4 is 41.9 Å². The van der Waals surface area contributed by atoms with Gasteiger partial charge in [-0.05, 0) is 69.4 Å². The first kappa shape index (κ1) is 36.1. The number of carbonyl (C=O) groups is 2. The molecule has 0 saturated carbocycles. The minimum absolute atomic E-state index is 0.117. The summed E-state index contributed by atoms with van der Waals surface area (Å²) in [6.07, 6.45) is 15.0. The number of hydrogen-bond donors (Lipinski definition) is 3. The van der Waals surface area contributed by atoms with Crippen LogP contribution in [0.4, 0.5) is 11.4 Å². The Morgan fingerprint density at radius 1 is 0.851 bits per heavy atom. The van der Waals surface area contributed by atoms with Gasteiger partial charge in [-0.2, -0.15) is 4.58 Å². The highest BCUT2D eigenvalue weighted by atomic mass is 31.2. The van der Waals surface area contributed by atoms with Gasteiger partial charge >= 0.3 is 11.9 Å². The van der Waals surface area contributed by atoms with Gasteiger partial charge in [0, 0.05) is 65.6 Å². The lowest BCUT2D eigenvalue weighted by atomic mass is 9.81. The largest absolute Gasteiger partial charge is 0.775 e. The second kappa shape index (κ2) is 15.0. The van der Waals surface area contributed by atoms with Gasteiger partial charge in [0.1, 0.15) is 6.54 Å². The monoisotopic (exact) mass is 662 g/mol. The van der Waals surface area contributed by atoms with E-state index in [1.165, 1.54) is 23.0 Å². The number of rotatable bonds is 16. The van der Waals surface area contributed by atoms with E-state index < -0.39 is 24.9 Å². The second-order valence-corrected chi connectivity index (χ2v) is 14.9. The number of benzene rings is 2. The van der Waals surface area contributed by atoms with E-state index in [0.29, 0.717) is 19.4 Å². The molecule has 0 radical (unpaired) electrons. The number of aliphatic carboxylic acids is 2. The molecule has 10 heteroatoms. The highest BCUT2D eigenvalue weighted by molar-refractivity contribution is 7.58. The van der Waals surface area contributed by atoms with E-state index in [4.69, 9.17) is 10.2 Å². The predicted molar refractivity (Wildman–Crippen MR) is 184 cm³/mol. The molecule has 2 heterocycles. The van der Waals surface area contributed by atoms with Crippen molar-refractivity contribution < 1.29 is 38.7 Å². The minimum Gasteiger partial charge on any atom is -0.775 e. The number of para-hydroxylation sites is 1. The maximum atomic E-state index is 12.0. The normalized spacial score (nSPS) is 18.7. The average molecular weight is 663 g/mol. The molecule has 4 rings (SSSR count). The van der Waals surface area contributed by atoms with Crippen molar-refractivity contribution in [2.75, 3.05) is 18.0 Å². The van der Waals surface area contributed by atoms with Gasteiger partial charge in [-0.3, -0.25) is 9.59 Å². The molecule has 0 aliphatic carbocycles. The van der Waals surface area contributed by atoms with Crippen molar-refractivity contribution in [3.8, 4) is 0 Å². The Morgan fingerprint density at radius 3 is 2.17 bits per heavy atom. The fraction of sp³-hybridized carbons (Fsp3) is 0.432. The number of fused-ring (bicyclic) bond motifs is 2. The van der Waals surface area contributed by atoms with Crippen LogP contribution >= 0.6 is 7.60 Å². The molecule has 2 aromatic carbocycles. The summed E-state index contributed by atoms with van der Waals surface area (Å²) in [5.74, 6) is -1.57. The molecule has 0 saturated heterocycles. The Labute approximate surface area is 277 Å². The summed E-state index contributed by atoms with van der Waals surface area (Å²) >= 11 is 0. The van der Waals surface area contributed by atoms with E-state index in [1.807, 2.05) is 44.2 Å². The lowest BCUT2D eigenvalue weighted by Gasteiger charge is -2.27. The molecule has 0 aromatic heterocycles. The topological polar surface area (TPSA) is 141 Å². The maximum absolute atomic E-state index is 12.0. The fourth-order valence-corrected chi connectivity index (χ4v) is 7.32. The maximum Gasteiger partial charge on any atom is 0.303 e. The Hall–Kier alpha value is -3.78. The molecule has 2 aliphatic rings. The van der Waals surface area contributed by atoms with Crippen LogP contribution < -0.4 is 15.1 Å². The summed E-state index contributed by atoms with van der Waals surface area (Å²) in [5, 5.41) is 17.9. The van der Waals surface area contributed by atoms with Gasteiger partial charge in [0.15, 0.2) is 13.3 Å². The Bertz CT molecular complexity index is 1660. The van der Waals surface area contributed by atoms with Gasteiger partial charge in [0.05, 0.1) is 5.41 Å². The van der Waals surface area contributed by atoms with Crippen LogP contribution in [-0.4, -0.2) is 50.4 Å². The molecule has 1 unspecified atom stereocenters. The fourth-order valence-electron chi connectivity index (χ4n) is 6.77. The van der Waals surface area contributed by atoms with Crippen LogP contribution in [0.3, 0.4) is 0 Å². The predicted octanol–water partition coefficient (Wildman–Crippen LogP) is 6.32. The molecule has 0 fully saturated rings. The van der Waals surface area contributed by atoms with Crippen LogP contribution in [0.2, 0.25) is 0 Å². The zero-order chi connectivity index (χ0) is 34.4. The number of unbranched alkanes of at least 4 members (excludes halogenated alkanes) is 4. The van der Waals surface area contributed by atoms with Gasteiger partial charge < -0.3 is 29.5 Å². The minimum atomic E-state index is -4.68. The highest BCUT2D eigenvalue weighted by Crippen LogP contribution is 2.48. The SMILES string of the molecule is CC1(C)C(/C=C/C=C/C=C2\N(CCCCCC(=O)O)c3ccc(P(=O)([O-])O)cc3C2(C)C)=[N+](CCCCCC(=O)O)c2ccccc21. The molecule has 0 bridgehead atoms. The Morgan fingerprint density at radius 2 is 1.51 bits per heavy atom. The molecule has 0 spiro atoms. The van der Waals surface area contributed by atoms with Crippen molar-refractivity contribution in [1.29, 1.82) is 0 Å². The number of carboxylic acids is 2. The first-order valence-corrected chi connectivity index (χ1v) is 17.9. The first-order chi connectivity index (χ1) is 22.2. The summed E-state index contributed by atoms with van der Waals surface area (Å²) < 4.78 is 14.3. The summed E-state index contributed by atoms with van der Waals surface area (Å²) in [6.45, 7) is 9.94. The molecule has 252 valence electrons. The van der Waals surface area contributed by atoms with E-state index >= 15 is 0 Å². The molecule has 1 atom stereocenters. The Balaban J connectivity index is 1.59. The Kier molecular flexibility index (Phi) is 11.5. The van der Waals surface area contributed by atoms with E-state index in [2.05, 4.69) is 47.6 Å². The van der Waals surface area contributed by atoms with Crippen LogP contribution in [-0.2, 0) is 25.0 Å². The lowest BCUT2D eigenvalue weighted by molar-refractivity contribution is -0.438. The number of nitrogens with zero attached hydrogens (tertiary/aromatic N) is 2. The van der Waals surface area contributed by atoms with E-state index in [1.54, 1.807) is 12.1 Å². The van der Waals surface area contributed by atoms with Crippen LogP contribution in [0.5, 0.6) is 0 Å². The van der Waals surface area contributed by atoms with Gasteiger partial charge in [0.2, 0.25) is 5.69 Å². The van der Waals surface area contributed by atoms with E-state index in [-0.39, 0.29) is 23.6 Å². The van der Waals surface area contributed by atoms with E-state index in [9.17, 15) is 23.9 Å². The third-order valence-corrected chi connectivity index (χ3v) is 10.2. The van der Waals surface area contributed by atoms with Gasteiger partial charge in [-0.25, -0.2) is 0 Å². The van der Waals surface area contributed by atoms with Gasteiger partial charge in [0.25, 0.3) is 0 Å².